The Kier molecular flexibility index (Phi) is 13.5. The molecule has 0 aliphatic heterocycles. The molecule has 1 aromatic carbocycles. The lowest BCUT2D eigenvalue weighted by Crippen LogP contribution is -2.42. The van der Waals surface area contributed by atoms with Crippen LogP contribution in [0.1, 0.15) is 27.2 Å². The minimum absolute atomic E-state index is 0. The molecule has 0 spiro atoms. The van der Waals surface area contributed by atoms with E-state index in [0.29, 0.717) is 18.4 Å². The van der Waals surface area contributed by atoms with E-state index < -0.39 is 0 Å². The highest BCUT2D eigenvalue weighted by molar-refractivity contribution is 14.0. The van der Waals surface area contributed by atoms with Crippen LogP contribution in [0.15, 0.2) is 29.3 Å². The molecule has 25 heavy (non-hydrogen) atoms. The fraction of sp³-hybridized carbons (Fsp3) is 0.611. The van der Waals surface area contributed by atoms with Crippen molar-refractivity contribution in [2.45, 2.75) is 33.3 Å². The van der Waals surface area contributed by atoms with Gasteiger partial charge in [-0.05, 0) is 31.4 Å². The van der Waals surface area contributed by atoms with Gasteiger partial charge in [0, 0.05) is 26.8 Å². The maximum atomic E-state index is 13.5. The maximum absolute atomic E-state index is 13.5. The van der Waals surface area contributed by atoms with Crippen molar-refractivity contribution in [3.63, 3.8) is 0 Å². The first kappa shape index (κ1) is 23.9. The van der Waals surface area contributed by atoms with E-state index in [1.807, 2.05) is 6.92 Å². The first-order valence-electron chi connectivity index (χ1n) is 8.46. The van der Waals surface area contributed by atoms with Gasteiger partial charge in [0.05, 0.1) is 6.54 Å². The summed E-state index contributed by atoms with van der Waals surface area (Å²) in [7, 11) is 1.72. The average Bonchev–Trinajstić information content (AvgIpc) is 2.55. The lowest BCUT2D eigenvalue weighted by molar-refractivity contribution is 0.108. The van der Waals surface area contributed by atoms with Crippen LogP contribution in [-0.2, 0) is 4.74 Å². The molecule has 1 aromatic rings. The number of nitrogens with one attached hydrogen (secondary N) is 2. The minimum Gasteiger partial charge on any atom is -0.486 e. The molecule has 1 atom stereocenters. The summed E-state index contributed by atoms with van der Waals surface area (Å²) in [5, 5.41) is 6.39. The lowest BCUT2D eigenvalue weighted by atomic mass is 10.2. The van der Waals surface area contributed by atoms with Crippen molar-refractivity contribution in [2.75, 3.05) is 33.4 Å². The molecular formula is C18H31FIN3O2. The third kappa shape index (κ3) is 11.2. The Morgan fingerprint density at radius 1 is 1.20 bits per heavy atom. The number of benzene rings is 1. The van der Waals surface area contributed by atoms with Crippen LogP contribution in [0.3, 0.4) is 0 Å². The quantitative estimate of drug-likeness (QED) is 0.240. The molecule has 0 aliphatic carbocycles. The smallest absolute Gasteiger partial charge is 0.191 e. The molecule has 0 aromatic heterocycles. The molecule has 0 fully saturated rings. The van der Waals surface area contributed by atoms with Crippen LogP contribution in [-0.4, -0.2) is 45.4 Å². The van der Waals surface area contributed by atoms with Crippen molar-refractivity contribution in [2.24, 2.45) is 10.9 Å². The van der Waals surface area contributed by atoms with Crippen molar-refractivity contribution >= 4 is 29.9 Å². The highest BCUT2D eigenvalue weighted by Crippen LogP contribution is 2.16. The Balaban J connectivity index is 0.00000576. The first-order valence-corrected chi connectivity index (χ1v) is 8.46. The maximum Gasteiger partial charge on any atom is 0.191 e. The van der Waals surface area contributed by atoms with E-state index in [4.69, 9.17) is 9.47 Å². The Bertz CT molecular complexity index is 501. The number of aliphatic imine (C=N–C) groups is 1. The topological polar surface area (TPSA) is 54.9 Å². The zero-order chi connectivity index (χ0) is 17.8. The molecule has 0 saturated carbocycles. The van der Waals surface area contributed by atoms with Gasteiger partial charge in [0.15, 0.2) is 17.5 Å². The predicted octanol–water partition coefficient (Wildman–Crippen LogP) is 3.44. The van der Waals surface area contributed by atoms with Gasteiger partial charge >= 0.3 is 0 Å². The molecule has 0 bridgehead atoms. The number of hydrogen-bond acceptors (Lipinski definition) is 3. The van der Waals surface area contributed by atoms with E-state index in [0.717, 1.165) is 26.2 Å². The van der Waals surface area contributed by atoms with Crippen LogP contribution in [0.25, 0.3) is 0 Å². The van der Waals surface area contributed by atoms with E-state index >= 15 is 0 Å². The molecule has 0 radical (unpaired) electrons. The van der Waals surface area contributed by atoms with Gasteiger partial charge in [-0.25, -0.2) is 4.39 Å². The van der Waals surface area contributed by atoms with Crippen molar-refractivity contribution in [3.8, 4) is 5.75 Å². The third-order valence-electron chi connectivity index (χ3n) is 3.15. The summed E-state index contributed by atoms with van der Waals surface area (Å²) < 4.78 is 24.7. The standard InChI is InChI=1S/C18H30FN3O2.HI/c1-14(2)13-23-11-7-10-21-18(20-4)22-12-15(3)24-17-9-6-5-8-16(17)19;/h5-6,8-9,14-15H,7,10-13H2,1-4H3,(H2,20,21,22);1H. The Morgan fingerprint density at radius 3 is 2.56 bits per heavy atom. The molecule has 0 heterocycles. The number of guanidine groups is 1. The Hall–Kier alpha value is -1.09. The fourth-order valence-electron chi connectivity index (χ4n) is 1.96. The summed E-state index contributed by atoms with van der Waals surface area (Å²) in [6.45, 7) is 8.97. The Morgan fingerprint density at radius 2 is 1.92 bits per heavy atom. The van der Waals surface area contributed by atoms with Gasteiger partial charge in [-0.2, -0.15) is 0 Å². The number of hydrogen-bond donors (Lipinski definition) is 2. The monoisotopic (exact) mass is 467 g/mol. The molecule has 7 heteroatoms. The molecule has 0 saturated heterocycles. The second-order valence-electron chi connectivity index (χ2n) is 6.06. The number of ether oxygens (including phenoxy) is 2. The molecule has 1 rings (SSSR count). The van der Waals surface area contributed by atoms with Gasteiger partial charge in [-0.15, -0.1) is 24.0 Å². The molecule has 1 unspecified atom stereocenters. The second-order valence-corrected chi connectivity index (χ2v) is 6.06. The summed E-state index contributed by atoms with van der Waals surface area (Å²) in [4.78, 5) is 4.15. The number of halogens is 2. The number of rotatable bonds is 10. The number of para-hydroxylation sites is 1. The van der Waals surface area contributed by atoms with Crippen LogP contribution in [0.5, 0.6) is 5.75 Å². The lowest BCUT2D eigenvalue weighted by Gasteiger charge is -2.18. The molecule has 2 N–H and O–H groups in total. The minimum atomic E-state index is -0.353. The van der Waals surface area contributed by atoms with E-state index in [1.165, 1.54) is 6.07 Å². The molecular weight excluding hydrogens is 436 g/mol. The van der Waals surface area contributed by atoms with Crippen LogP contribution < -0.4 is 15.4 Å². The largest absolute Gasteiger partial charge is 0.486 e. The highest BCUT2D eigenvalue weighted by atomic mass is 127. The highest BCUT2D eigenvalue weighted by Gasteiger charge is 2.08. The summed E-state index contributed by atoms with van der Waals surface area (Å²) in [6, 6.07) is 6.40. The van der Waals surface area contributed by atoms with Crippen LogP contribution in [0.2, 0.25) is 0 Å². The zero-order valence-electron chi connectivity index (χ0n) is 15.5. The summed E-state index contributed by atoms with van der Waals surface area (Å²) in [6.07, 6.45) is 0.726. The van der Waals surface area contributed by atoms with E-state index in [9.17, 15) is 4.39 Å². The first-order chi connectivity index (χ1) is 11.5. The SMILES string of the molecule is CN=C(NCCCOCC(C)C)NCC(C)Oc1ccccc1F.I. The van der Waals surface area contributed by atoms with Gasteiger partial charge in [0.25, 0.3) is 0 Å². The molecule has 0 aliphatic rings. The van der Waals surface area contributed by atoms with Gasteiger partial charge < -0.3 is 20.1 Å². The van der Waals surface area contributed by atoms with E-state index in [2.05, 4.69) is 29.5 Å². The molecule has 144 valence electrons. The Labute approximate surface area is 167 Å². The van der Waals surface area contributed by atoms with Crippen LogP contribution in [0.4, 0.5) is 4.39 Å². The number of nitrogens with zero attached hydrogens (tertiary/aromatic N) is 1. The summed E-state index contributed by atoms with van der Waals surface area (Å²) >= 11 is 0. The van der Waals surface area contributed by atoms with Crippen LogP contribution >= 0.6 is 24.0 Å². The van der Waals surface area contributed by atoms with Crippen molar-refractivity contribution in [1.29, 1.82) is 0 Å². The van der Waals surface area contributed by atoms with Gasteiger partial charge in [0.2, 0.25) is 0 Å². The van der Waals surface area contributed by atoms with Gasteiger partial charge in [-0.1, -0.05) is 26.0 Å². The molecule has 0 amide bonds. The van der Waals surface area contributed by atoms with Gasteiger partial charge in [0.1, 0.15) is 6.10 Å². The van der Waals surface area contributed by atoms with Crippen molar-refractivity contribution < 1.29 is 13.9 Å². The second kappa shape index (κ2) is 14.1. The van der Waals surface area contributed by atoms with Crippen molar-refractivity contribution in [3.05, 3.63) is 30.1 Å². The zero-order valence-corrected chi connectivity index (χ0v) is 17.9. The average molecular weight is 467 g/mol. The van der Waals surface area contributed by atoms with Crippen molar-refractivity contribution in [1.82, 2.24) is 10.6 Å². The fourth-order valence-corrected chi connectivity index (χ4v) is 1.96. The molecule has 5 nitrogen and oxygen atoms in total. The van der Waals surface area contributed by atoms with Gasteiger partial charge in [-0.3, -0.25) is 4.99 Å². The van der Waals surface area contributed by atoms with Crippen LogP contribution in [0, 0.1) is 11.7 Å². The summed E-state index contributed by atoms with van der Waals surface area (Å²) in [5.41, 5.74) is 0. The third-order valence-corrected chi connectivity index (χ3v) is 3.15. The van der Waals surface area contributed by atoms with E-state index in [1.54, 1.807) is 25.2 Å². The normalized spacial score (nSPS) is 12.5. The predicted molar refractivity (Wildman–Crippen MR) is 112 cm³/mol. The summed E-state index contributed by atoms with van der Waals surface area (Å²) in [5.74, 6) is 1.16. The van der Waals surface area contributed by atoms with E-state index in [-0.39, 0.29) is 41.6 Å².